The van der Waals surface area contributed by atoms with Crippen molar-refractivity contribution in [3.63, 3.8) is 0 Å². The number of aromatic hydroxyl groups is 1. The van der Waals surface area contributed by atoms with Crippen molar-refractivity contribution in [3.05, 3.63) is 102 Å². The number of benzene rings is 3. The molecule has 0 spiro atoms. The number of rotatable bonds is 15. The third-order valence-electron chi connectivity index (χ3n) is 6.55. The average Bonchev–Trinajstić information content (AvgIpc) is 2.97. The number of phenolic OH excluding ortho intramolecular Hbond substituents is 1. The molecule has 3 aromatic carbocycles. The van der Waals surface area contributed by atoms with Crippen molar-refractivity contribution >= 4 is 29.7 Å². The molecule has 0 saturated heterocycles. The van der Waals surface area contributed by atoms with Crippen molar-refractivity contribution in [2.24, 2.45) is 5.73 Å². The molecular weight excluding hydrogens is 556 g/mol. The Morgan fingerprint density at radius 2 is 1.02 bits per heavy atom. The predicted molar refractivity (Wildman–Crippen MR) is 156 cm³/mol. The number of hydrogen-bond acceptors (Lipinski definition) is 7. The van der Waals surface area contributed by atoms with E-state index >= 15 is 0 Å². The molecule has 3 aromatic rings. The topological polar surface area (TPSA) is 208 Å². The van der Waals surface area contributed by atoms with Gasteiger partial charge in [-0.2, -0.15) is 0 Å². The average molecular weight is 591 g/mol. The van der Waals surface area contributed by atoms with Gasteiger partial charge in [-0.05, 0) is 35.2 Å². The molecule has 4 unspecified atom stereocenters. The van der Waals surface area contributed by atoms with Crippen LogP contribution in [0.5, 0.6) is 5.75 Å². The maximum Gasteiger partial charge on any atom is 0.326 e. The molecule has 3 amide bonds. The lowest BCUT2D eigenvalue weighted by Gasteiger charge is -2.25. The fraction of sp³-hybridized carbons (Fsp3) is 0.258. The van der Waals surface area contributed by atoms with Crippen molar-refractivity contribution in [2.75, 3.05) is 0 Å². The lowest BCUT2D eigenvalue weighted by molar-refractivity contribution is -0.143. The smallest absolute Gasteiger partial charge is 0.326 e. The Morgan fingerprint density at radius 3 is 1.56 bits per heavy atom. The van der Waals surface area contributed by atoms with Gasteiger partial charge in [-0.25, -0.2) is 4.79 Å². The summed E-state index contributed by atoms with van der Waals surface area (Å²) >= 11 is 0. The third kappa shape index (κ3) is 10.6. The second-order valence-electron chi connectivity index (χ2n) is 9.98. The predicted octanol–water partition coefficient (Wildman–Crippen LogP) is 0.761. The molecule has 226 valence electrons. The number of aliphatic carboxylic acids is 2. The number of carbonyl (C=O) groups excluding carboxylic acids is 3. The highest BCUT2D eigenvalue weighted by molar-refractivity contribution is 5.95. The van der Waals surface area contributed by atoms with Gasteiger partial charge in [0.2, 0.25) is 17.7 Å². The molecule has 0 aliphatic rings. The normalized spacial score (nSPS) is 13.5. The molecule has 12 nitrogen and oxygen atoms in total. The van der Waals surface area contributed by atoms with E-state index in [1.807, 2.05) is 6.07 Å². The molecule has 0 aliphatic carbocycles. The fourth-order valence-electron chi connectivity index (χ4n) is 4.29. The van der Waals surface area contributed by atoms with Crippen molar-refractivity contribution in [1.29, 1.82) is 0 Å². The van der Waals surface area contributed by atoms with Gasteiger partial charge in [0.25, 0.3) is 0 Å². The fourth-order valence-corrected chi connectivity index (χ4v) is 4.29. The number of carbonyl (C=O) groups is 5. The van der Waals surface area contributed by atoms with Gasteiger partial charge in [-0.3, -0.25) is 19.2 Å². The first-order valence-corrected chi connectivity index (χ1v) is 13.5. The molecule has 0 aromatic heterocycles. The van der Waals surface area contributed by atoms with E-state index in [1.165, 1.54) is 24.3 Å². The summed E-state index contributed by atoms with van der Waals surface area (Å²) in [6, 6.07) is 18.0. The molecule has 12 heteroatoms. The summed E-state index contributed by atoms with van der Waals surface area (Å²) in [7, 11) is 0. The van der Waals surface area contributed by atoms with Crippen LogP contribution in [0.2, 0.25) is 0 Å². The molecule has 0 fully saturated rings. The van der Waals surface area contributed by atoms with Crippen molar-refractivity contribution in [2.45, 2.75) is 49.9 Å². The monoisotopic (exact) mass is 590 g/mol. The number of nitrogens with one attached hydrogen (secondary N) is 3. The standard InChI is InChI=1S/C31H34N4O8/c32-23(15-19-7-3-1-4-8-19)28(39)33-24(16-21-11-13-22(36)14-12-21)29(40)34-25(18-27(37)38)30(41)35-26(31(42)43)17-20-9-5-2-6-10-20/h1-14,23-26,36H,15-18,32H2,(H,33,39)(H,34,40)(H,35,41)(H,37,38)(H,42,43). The summed E-state index contributed by atoms with van der Waals surface area (Å²) in [6.07, 6.45) is -0.817. The van der Waals surface area contributed by atoms with E-state index < -0.39 is 60.2 Å². The number of carboxylic acids is 2. The highest BCUT2D eigenvalue weighted by atomic mass is 16.4. The number of hydrogen-bond donors (Lipinski definition) is 7. The van der Waals surface area contributed by atoms with E-state index in [1.54, 1.807) is 54.6 Å². The molecule has 3 rings (SSSR count). The number of phenols is 1. The Hall–Kier alpha value is -5.23. The van der Waals surface area contributed by atoms with Crippen LogP contribution in [0.3, 0.4) is 0 Å². The van der Waals surface area contributed by atoms with Crippen LogP contribution in [0.1, 0.15) is 23.1 Å². The lowest BCUT2D eigenvalue weighted by atomic mass is 10.0. The minimum atomic E-state index is -1.65. The van der Waals surface area contributed by atoms with Crippen LogP contribution in [-0.2, 0) is 43.2 Å². The zero-order valence-corrected chi connectivity index (χ0v) is 23.2. The second kappa shape index (κ2) is 15.7. The minimum Gasteiger partial charge on any atom is -0.508 e. The van der Waals surface area contributed by atoms with Gasteiger partial charge in [0, 0.05) is 12.8 Å². The van der Waals surface area contributed by atoms with Gasteiger partial charge in [-0.15, -0.1) is 0 Å². The zero-order chi connectivity index (χ0) is 31.4. The van der Waals surface area contributed by atoms with Gasteiger partial charge < -0.3 is 37.0 Å². The Kier molecular flexibility index (Phi) is 11.8. The Labute approximate surface area is 247 Å². The minimum absolute atomic E-state index is 0.0136. The summed E-state index contributed by atoms with van der Waals surface area (Å²) in [5, 5.41) is 35.9. The summed E-state index contributed by atoms with van der Waals surface area (Å²) < 4.78 is 0. The van der Waals surface area contributed by atoms with Gasteiger partial charge in [0.15, 0.2) is 0 Å². The highest BCUT2D eigenvalue weighted by Gasteiger charge is 2.32. The van der Waals surface area contributed by atoms with Crippen molar-refractivity contribution in [1.82, 2.24) is 16.0 Å². The summed E-state index contributed by atoms with van der Waals surface area (Å²) in [6.45, 7) is 0. The summed E-state index contributed by atoms with van der Waals surface area (Å²) in [5.41, 5.74) is 8.06. The maximum absolute atomic E-state index is 13.4. The Balaban J connectivity index is 1.77. The second-order valence-corrected chi connectivity index (χ2v) is 9.98. The van der Waals surface area contributed by atoms with Gasteiger partial charge >= 0.3 is 11.9 Å². The molecule has 0 saturated carbocycles. The van der Waals surface area contributed by atoms with Crippen molar-refractivity contribution in [3.8, 4) is 5.75 Å². The maximum atomic E-state index is 13.4. The van der Waals surface area contributed by atoms with Gasteiger partial charge in [0.1, 0.15) is 23.9 Å². The van der Waals surface area contributed by atoms with E-state index in [9.17, 15) is 39.3 Å². The van der Waals surface area contributed by atoms with E-state index in [0.29, 0.717) is 11.1 Å². The lowest BCUT2D eigenvalue weighted by Crippen LogP contribution is -2.58. The molecular formula is C31H34N4O8. The van der Waals surface area contributed by atoms with Crippen LogP contribution in [-0.4, -0.2) is 69.1 Å². The van der Waals surface area contributed by atoms with Crippen molar-refractivity contribution < 1.29 is 39.3 Å². The van der Waals surface area contributed by atoms with Crippen LogP contribution < -0.4 is 21.7 Å². The highest BCUT2D eigenvalue weighted by Crippen LogP contribution is 2.13. The van der Waals surface area contributed by atoms with Crippen LogP contribution in [0, 0.1) is 0 Å². The number of nitrogens with two attached hydrogens (primary N) is 1. The first kappa shape index (κ1) is 32.3. The summed E-state index contributed by atoms with van der Waals surface area (Å²) in [5.74, 6) is -5.34. The zero-order valence-electron chi connectivity index (χ0n) is 23.2. The van der Waals surface area contributed by atoms with Crippen LogP contribution in [0.4, 0.5) is 0 Å². The third-order valence-corrected chi connectivity index (χ3v) is 6.55. The van der Waals surface area contributed by atoms with E-state index in [0.717, 1.165) is 5.56 Å². The van der Waals surface area contributed by atoms with E-state index in [-0.39, 0.29) is 25.0 Å². The Bertz CT molecular complexity index is 1400. The largest absolute Gasteiger partial charge is 0.508 e. The number of amides is 3. The van der Waals surface area contributed by atoms with E-state index in [4.69, 9.17) is 5.73 Å². The molecule has 0 radical (unpaired) electrons. The van der Waals surface area contributed by atoms with Crippen LogP contribution in [0.25, 0.3) is 0 Å². The first-order valence-electron chi connectivity index (χ1n) is 13.5. The van der Waals surface area contributed by atoms with Crippen LogP contribution in [0.15, 0.2) is 84.9 Å². The quantitative estimate of drug-likeness (QED) is 0.133. The molecule has 8 N–H and O–H groups in total. The first-order chi connectivity index (χ1) is 20.5. The van der Waals surface area contributed by atoms with E-state index in [2.05, 4.69) is 16.0 Å². The summed E-state index contributed by atoms with van der Waals surface area (Å²) in [4.78, 5) is 63.0. The molecule has 4 atom stereocenters. The molecule has 0 heterocycles. The van der Waals surface area contributed by atoms with Gasteiger partial charge in [0.05, 0.1) is 12.5 Å². The molecule has 0 bridgehead atoms. The van der Waals surface area contributed by atoms with Crippen LogP contribution >= 0.6 is 0 Å². The number of carboxylic acid groups (broad SMARTS) is 2. The SMILES string of the molecule is NC(Cc1ccccc1)C(=O)NC(Cc1ccc(O)cc1)C(=O)NC(CC(=O)O)C(=O)NC(Cc1ccccc1)C(=O)O. The van der Waals surface area contributed by atoms with Gasteiger partial charge in [-0.1, -0.05) is 72.8 Å². The molecule has 0 aliphatic heterocycles. The Morgan fingerprint density at radius 1 is 0.581 bits per heavy atom. The molecule has 43 heavy (non-hydrogen) atoms.